The van der Waals surface area contributed by atoms with Crippen LogP contribution in [0.25, 0.3) is 32.2 Å². The van der Waals surface area contributed by atoms with E-state index < -0.39 is 29.4 Å². The third-order valence-corrected chi connectivity index (χ3v) is 8.40. The van der Waals surface area contributed by atoms with Gasteiger partial charge in [0.1, 0.15) is 22.3 Å². The Bertz CT molecular complexity index is 2030. The maximum atomic E-state index is 14.9. The van der Waals surface area contributed by atoms with Crippen LogP contribution in [0.4, 0.5) is 14.5 Å². The van der Waals surface area contributed by atoms with E-state index in [0.717, 1.165) is 32.8 Å². The Morgan fingerprint density at radius 2 is 1.70 bits per heavy atom. The number of fused-ring (bicyclic) bond motifs is 1. The predicted molar refractivity (Wildman–Crippen MR) is 164 cm³/mol. The summed E-state index contributed by atoms with van der Waals surface area (Å²) in [7, 11) is 5.59. The number of hydrogen-bond acceptors (Lipinski definition) is 7. The van der Waals surface area contributed by atoms with Crippen LogP contribution >= 0.6 is 11.3 Å². The van der Waals surface area contributed by atoms with E-state index in [1.165, 1.54) is 28.2 Å². The molecule has 0 amide bonds. The summed E-state index contributed by atoms with van der Waals surface area (Å²) in [6, 6.07) is 16.3. The van der Waals surface area contributed by atoms with E-state index in [1.54, 1.807) is 35.3 Å². The second-order valence-electron chi connectivity index (χ2n) is 10.2. The smallest absolute Gasteiger partial charge is 0.338 e. The monoisotopic (exact) mass is 599 g/mol. The molecule has 0 aliphatic heterocycles. The van der Waals surface area contributed by atoms with Crippen LogP contribution in [0.15, 0.2) is 88.8 Å². The Balaban J connectivity index is 1.65. The molecule has 0 saturated carbocycles. The lowest BCUT2D eigenvalue weighted by Gasteiger charge is -2.14. The number of pyridine rings is 1. The molecule has 0 aliphatic carbocycles. The van der Waals surface area contributed by atoms with Gasteiger partial charge in [0.15, 0.2) is 0 Å². The predicted octanol–water partition coefficient (Wildman–Crippen LogP) is 4.89. The minimum atomic E-state index is -0.785. The molecule has 9 nitrogen and oxygen atoms in total. The zero-order valence-electron chi connectivity index (χ0n) is 23.6. The standard InChI is InChI=1S/C31H27F2N7O2S/c1-34-20-10-8-19(9-11-20)28-23(17-37(2)3)27-29(41)40(26-13-12-21(16-35-26)39-15-5-14-36-39)31(42)38(30(27)43-28)18-22-24(32)6-4-7-25(22)33/h4-16,34H,17-18H2,1-3H3. The van der Waals surface area contributed by atoms with Crippen LogP contribution in [-0.2, 0) is 13.1 Å². The lowest BCUT2D eigenvalue weighted by molar-refractivity contribution is 0.405. The van der Waals surface area contributed by atoms with Gasteiger partial charge in [-0.25, -0.2) is 27.8 Å². The fourth-order valence-corrected chi connectivity index (χ4v) is 6.31. The molecule has 4 aromatic heterocycles. The Morgan fingerprint density at radius 1 is 0.953 bits per heavy atom. The van der Waals surface area contributed by atoms with Gasteiger partial charge in [-0.05, 0) is 67.7 Å². The molecular formula is C31H27F2N7O2S. The maximum Gasteiger partial charge on any atom is 0.338 e. The molecule has 0 fully saturated rings. The average Bonchev–Trinajstić information content (AvgIpc) is 3.66. The van der Waals surface area contributed by atoms with Crippen molar-refractivity contribution in [2.45, 2.75) is 13.1 Å². The molecule has 0 radical (unpaired) electrons. The lowest BCUT2D eigenvalue weighted by atomic mass is 10.1. The van der Waals surface area contributed by atoms with Gasteiger partial charge in [0.2, 0.25) is 0 Å². The second kappa shape index (κ2) is 11.4. The number of nitrogens with one attached hydrogen (secondary N) is 1. The molecule has 0 unspecified atom stereocenters. The number of anilines is 1. The normalized spacial score (nSPS) is 11.5. The molecule has 43 heavy (non-hydrogen) atoms. The summed E-state index contributed by atoms with van der Waals surface area (Å²) < 4.78 is 33.6. The molecule has 4 heterocycles. The molecule has 0 saturated heterocycles. The Morgan fingerprint density at radius 3 is 2.30 bits per heavy atom. The van der Waals surface area contributed by atoms with E-state index in [9.17, 15) is 18.4 Å². The number of thiophene rings is 1. The topological polar surface area (TPSA) is 90.0 Å². The van der Waals surface area contributed by atoms with Crippen LogP contribution in [0.2, 0.25) is 0 Å². The first-order chi connectivity index (χ1) is 20.8. The van der Waals surface area contributed by atoms with E-state index in [4.69, 9.17) is 0 Å². The SMILES string of the molecule is CNc1ccc(-c2sc3c(c2CN(C)C)c(=O)n(-c2ccc(-n4cccn4)cn2)c(=O)n3Cc2c(F)cccc2F)cc1. The third kappa shape index (κ3) is 5.15. The Kier molecular flexibility index (Phi) is 7.46. The van der Waals surface area contributed by atoms with E-state index in [0.29, 0.717) is 28.0 Å². The molecule has 12 heteroatoms. The third-order valence-electron chi connectivity index (χ3n) is 7.09. The van der Waals surface area contributed by atoms with Crippen molar-refractivity contribution >= 4 is 27.2 Å². The minimum absolute atomic E-state index is 0.0810. The van der Waals surface area contributed by atoms with E-state index in [2.05, 4.69) is 15.4 Å². The minimum Gasteiger partial charge on any atom is -0.388 e. The zero-order valence-corrected chi connectivity index (χ0v) is 24.4. The number of rotatable bonds is 8. The highest BCUT2D eigenvalue weighted by Gasteiger charge is 2.25. The van der Waals surface area contributed by atoms with Crippen LogP contribution in [-0.4, -0.2) is 49.9 Å². The van der Waals surface area contributed by atoms with Gasteiger partial charge in [-0.1, -0.05) is 18.2 Å². The molecular weight excluding hydrogens is 572 g/mol. The highest BCUT2D eigenvalue weighted by molar-refractivity contribution is 7.22. The quantitative estimate of drug-likeness (QED) is 0.268. The van der Waals surface area contributed by atoms with Crippen molar-refractivity contribution in [3.8, 4) is 21.9 Å². The van der Waals surface area contributed by atoms with E-state index in [-0.39, 0.29) is 11.4 Å². The molecule has 6 rings (SSSR count). The first-order valence-corrected chi connectivity index (χ1v) is 14.2. The highest BCUT2D eigenvalue weighted by atomic mass is 32.1. The van der Waals surface area contributed by atoms with Crippen molar-refractivity contribution < 1.29 is 8.78 Å². The van der Waals surface area contributed by atoms with Crippen molar-refractivity contribution in [1.29, 1.82) is 0 Å². The fraction of sp³-hybridized carbons (Fsp3) is 0.161. The van der Waals surface area contributed by atoms with Gasteiger partial charge in [-0.3, -0.25) is 9.36 Å². The highest BCUT2D eigenvalue weighted by Crippen LogP contribution is 2.38. The number of benzene rings is 2. The number of hydrogen-bond donors (Lipinski definition) is 1. The lowest BCUT2D eigenvalue weighted by Crippen LogP contribution is -2.39. The molecule has 0 spiro atoms. The average molecular weight is 600 g/mol. The maximum absolute atomic E-state index is 14.9. The number of halogens is 2. The van der Waals surface area contributed by atoms with Crippen LogP contribution in [0.5, 0.6) is 0 Å². The molecule has 0 aliphatic rings. The van der Waals surface area contributed by atoms with Crippen molar-refractivity contribution in [1.82, 2.24) is 28.8 Å². The van der Waals surface area contributed by atoms with Gasteiger partial charge in [0, 0.05) is 42.1 Å². The summed E-state index contributed by atoms with van der Waals surface area (Å²) >= 11 is 1.25. The second-order valence-corrected chi connectivity index (χ2v) is 11.2. The van der Waals surface area contributed by atoms with Crippen LogP contribution in [0, 0.1) is 11.6 Å². The molecule has 0 atom stereocenters. The zero-order chi connectivity index (χ0) is 30.2. The van der Waals surface area contributed by atoms with Gasteiger partial charge in [0.25, 0.3) is 5.56 Å². The first-order valence-electron chi connectivity index (χ1n) is 13.4. The van der Waals surface area contributed by atoms with Crippen LogP contribution in [0.1, 0.15) is 11.1 Å². The Hall–Kier alpha value is -4.94. The molecule has 2 aromatic carbocycles. The van der Waals surface area contributed by atoms with Crippen molar-refractivity contribution in [3.63, 3.8) is 0 Å². The van der Waals surface area contributed by atoms with Crippen molar-refractivity contribution in [3.05, 3.63) is 123 Å². The van der Waals surface area contributed by atoms with Gasteiger partial charge >= 0.3 is 5.69 Å². The summed E-state index contributed by atoms with van der Waals surface area (Å²) in [6.45, 7) is -0.0319. The van der Waals surface area contributed by atoms with Gasteiger partial charge in [0.05, 0.1) is 23.8 Å². The summed E-state index contributed by atoms with van der Waals surface area (Å²) in [5.41, 5.74) is 1.51. The Labute approximate surface area is 248 Å². The van der Waals surface area contributed by atoms with Crippen molar-refractivity contribution in [2.24, 2.45) is 0 Å². The number of nitrogens with zero attached hydrogens (tertiary/aromatic N) is 6. The van der Waals surface area contributed by atoms with E-state index in [1.807, 2.05) is 50.3 Å². The molecule has 1 N–H and O–H groups in total. The molecule has 6 aromatic rings. The van der Waals surface area contributed by atoms with Gasteiger partial charge in [-0.2, -0.15) is 5.10 Å². The number of aromatic nitrogens is 5. The van der Waals surface area contributed by atoms with Crippen molar-refractivity contribution in [2.75, 3.05) is 26.5 Å². The summed E-state index contributed by atoms with van der Waals surface area (Å²) in [4.78, 5) is 35.8. The van der Waals surface area contributed by atoms with Gasteiger partial charge < -0.3 is 10.2 Å². The first kappa shape index (κ1) is 28.2. The summed E-state index contributed by atoms with van der Waals surface area (Å²) in [5.74, 6) is -1.49. The van der Waals surface area contributed by atoms with E-state index >= 15 is 0 Å². The largest absolute Gasteiger partial charge is 0.388 e. The fourth-order valence-electron chi connectivity index (χ4n) is 5.01. The van der Waals surface area contributed by atoms with Crippen LogP contribution < -0.4 is 16.6 Å². The van der Waals surface area contributed by atoms with Crippen LogP contribution in [0.3, 0.4) is 0 Å². The molecule has 0 bridgehead atoms. The molecule has 218 valence electrons. The summed E-state index contributed by atoms with van der Waals surface area (Å²) in [5, 5.41) is 7.57. The summed E-state index contributed by atoms with van der Waals surface area (Å²) in [6.07, 6.45) is 4.87. The van der Waals surface area contributed by atoms with Gasteiger partial charge in [-0.15, -0.1) is 11.3 Å².